The third-order valence-corrected chi connectivity index (χ3v) is 6.92. The molecular weight excluding hydrogens is 440 g/mol. The summed E-state index contributed by atoms with van der Waals surface area (Å²) in [6.07, 6.45) is 4.96. The molecule has 2 N–H and O–H groups in total. The van der Waals surface area contributed by atoms with E-state index in [2.05, 4.69) is 29.2 Å². The zero-order chi connectivity index (χ0) is 23.9. The van der Waals surface area contributed by atoms with Crippen molar-refractivity contribution in [3.05, 3.63) is 106 Å². The van der Waals surface area contributed by atoms with Gasteiger partial charge in [-0.05, 0) is 65.1 Å². The highest BCUT2D eigenvalue weighted by Gasteiger charge is 2.34. The molecule has 0 bridgehead atoms. The SMILES string of the molecule is O=C(O)c1ccc(C=CC(=O)N2CCc3c([nH]c4ccccc34)C2c2ccc3c(c2)CCO3)cc1. The van der Waals surface area contributed by atoms with E-state index < -0.39 is 5.97 Å². The molecule has 0 fully saturated rings. The van der Waals surface area contributed by atoms with Gasteiger partial charge in [0.15, 0.2) is 0 Å². The van der Waals surface area contributed by atoms with E-state index in [0.29, 0.717) is 13.2 Å². The van der Waals surface area contributed by atoms with Gasteiger partial charge >= 0.3 is 5.97 Å². The molecular formula is C29H24N2O4. The summed E-state index contributed by atoms with van der Waals surface area (Å²) in [5, 5.41) is 10.3. The van der Waals surface area contributed by atoms with Gasteiger partial charge in [-0.25, -0.2) is 4.79 Å². The lowest BCUT2D eigenvalue weighted by Gasteiger charge is -2.36. The summed E-state index contributed by atoms with van der Waals surface area (Å²) in [5.74, 6) is -0.135. The number of carbonyl (C=O) groups excluding carboxylic acids is 1. The Bertz CT molecular complexity index is 1480. The van der Waals surface area contributed by atoms with E-state index in [-0.39, 0.29) is 17.5 Å². The lowest BCUT2D eigenvalue weighted by molar-refractivity contribution is -0.128. The van der Waals surface area contributed by atoms with Gasteiger partial charge in [-0.15, -0.1) is 0 Å². The number of nitrogens with one attached hydrogen (secondary N) is 1. The maximum absolute atomic E-state index is 13.5. The van der Waals surface area contributed by atoms with Gasteiger partial charge in [0.2, 0.25) is 5.91 Å². The third-order valence-electron chi connectivity index (χ3n) is 6.92. The van der Waals surface area contributed by atoms with Gasteiger partial charge in [-0.2, -0.15) is 0 Å². The molecule has 0 spiro atoms. The highest BCUT2D eigenvalue weighted by atomic mass is 16.5. The first-order chi connectivity index (χ1) is 17.1. The van der Waals surface area contributed by atoms with Crippen molar-refractivity contribution >= 4 is 28.9 Å². The van der Waals surface area contributed by atoms with Crippen molar-refractivity contribution < 1.29 is 19.4 Å². The van der Waals surface area contributed by atoms with Crippen LogP contribution < -0.4 is 4.74 Å². The van der Waals surface area contributed by atoms with Crippen LogP contribution in [0.2, 0.25) is 0 Å². The number of amides is 1. The number of carbonyl (C=O) groups is 2. The van der Waals surface area contributed by atoms with E-state index in [1.165, 1.54) is 16.5 Å². The second-order valence-corrected chi connectivity index (χ2v) is 8.97. The molecule has 3 aromatic carbocycles. The summed E-state index contributed by atoms with van der Waals surface area (Å²) >= 11 is 0. The highest BCUT2D eigenvalue weighted by Crippen LogP contribution is 2.40. The van der Waals surface area contributed by atoms with Crippen LogP contribution in [0.4, 0.5) is 0 Å². The van der Waals surface area contributed by atoms with E-state index in [4.69, 9.17) is 9.84 Å². The summed E-state index contributed by atoms with van der Waals surface area (Å²) in [5.41, 5.74) is 6.63. The fourth-order valence-corrected chi connectivity index (χ4v) is 5.20. The first kappa shape index (κ1) is 21.2. The predicted molar refractivity (Wildman–Crippen MR) is 134 cm³/mol. The van der Waals surface area contributed by atoms with Crippen molar-refractivity contribution in [3.8, 4) is 5.75 Å². The van der Waals surface area contributed by atoms with Crippen molar-refractivity contribution in [2.75, 3.05) is 13.2 Å². The number of benzene rings is 3. The Balaban J connectivity index is 1.38. The molecule has 2 aliphatic rings. The monoisotopic (exact) mass is 464 g/mol. The van der Waals surface area contributed by atoms with E-state index in [0.717, 1.165) is 40.9 Å². The molecule has 1 unspecified atom stereocenters. The molecule has 0 saturated carbocycles. The number of hydrogen-bond donors (Lipinski definition) is 2. The van der Waals surface area contributed by atoms with Gasteiger partial charge in [-0.3, -0.25) is 4.79 Å². The number of rotatable bonds is 4. The van der Waals surface area contributed by atoms with Crippen LogP contribution in [-0.2, 0) is 17.6 Å². The molecule has 0 radical (unpaired) electrons. The number of hydrogen-bond acceptors (Lipinski definition) is 3. The van der Waals surface area contributed by atoms with E-state index in [1.54, 1.807) is 36.4 Å². The Labute approximate surface area is 202 Å². The first-order valence-corrected chi connectivity index (χ1v) is 11.8. The molecule has 1 aromatic heterocycles. The van der Waals surface area contributed by atoms with Crippen molar-refractivity contribution in [3.63, 3.8) is 0 Å². The standard InChI is InChI=1S/C29H24N2O4/c32-26(12-7-18-5-8-19(9-6-18)29(33)34)31-15-13-23-22-3-1-2-4-24(22)30-27(23)28(31)21-10-11-25-20(17-21)14-16-35-25/h1-12,17,28,30H,13-16H2,(H,33,34). The third kappa shape index (κ3) is 3.77. The van der Waals surface area contributed by atoms with Crippen molar-refractivity contribution in [1.82, 2.24) is 9.88 Å². The fraction of sp³-hybridized carbons (Fsp3) is 0.172. The molecule has 1 amide bonds. The lowest BCUT2D eigenvalue weighted by Crippen LogP contribution is -2.39. The molecule has 0 aliphatic carbocycles. The predicted octanol–water partition coefficient (Wildman–Crippen LogP) is 4.99. The number of para-hydroxylation sites is 1. The number of carboxylic acid groups (broad SMARTS) is 1. The average molecular weight is 465 g/mol. The van der Waals surface area contributed by atoms with Crippen LogP contribution in [0.3, 0.4) is 0 Å². The largest absolute Gasteiger partial charge is 0.493 e. The van der Waals surface area contributed by atoms with E-state index >= 15 is 0 Å². The van der Waals surface area contributed by atoms with Crippen LogP contribution in [0.1, 0.15) is 44.3 Å². The number of aromatic amines is 1. The van der Waals surface area contributed by atoms with Gasteiger partial charge < -0.3 is 19.7 Å². The van der Waals surface area contributed by atoms with Crippen molar-refractivity contribution in [2.24, 2.45) is 0 Å². The number of H-pyrrole nitrogens is 1. The normalized spacial score (nSPS) is 16.8. The van der Waals surface area contributed by atoms with Crippen LogP contribution in [0.5, 0.6) is 5.75 Å². The van der Waals surface area contributed by atoms with Gasteiger partial charge in [0.05, 0.1) is 18.2 Å². The molecule has 1 atom stereocenters. The van der Waals surface area contributed by atoms with Gasteiger partial charge in [0, 0.05) is 35.6 Å². The van der Waals surface area contributed by atoms with Crippen LogP contribution in [-0.4, -0.2) is 40.0 Å². The maximum Gasteiger partial charge on any atom is 0.335 e. The minimum absolute atomic E-state index is 0.0848. The molecule has 2 aliphatic heterocycles. The molecule has 0 saturated heterocycles. The maximum atomic E-state index is 13.5. The van der Waals surface area contributed by atoms with E-state index in [9.17, 15) is 9.59 Å². The second kappa shape index (κ2) is 8.47. The summed E-state index contributed by atoms with van der Waals surface area (Å²) in [4.78, 5) is 30.1. The quantitative estimate of drug-likeness (QED) is 0.417. The van der Waals surface area contributed by atoms with Crippen LogP contribution in [0.15, 0.2) is 72.8 Å². The van der Waals surface area contributed by atoms with Gasteiger partial charge in [0.25, 0.3) is 0 Å². The Morgan fingerprint density at radius 3 is 2.69 bits per heavy atom. The highest BCUT2D eigenvalue weighted by molar-refractivity contribution is 5.94. The Morgan fingerprint density at radius 2 is 1.86 bits per heavy atom. The van der Waals surface area contributed by atoms with Gasteiger partial charge in [-0.1, -0.05) is 36.4 Å². The zero-order valence-corrected chi connectivity index (χ0v) is 19.0. The molecule has 6 heteroatoms. The molecule has 6 nitrogen and oxygen atoms in total. The summed E-state index contributed by atoms with van der Waals surface area (Å²) < 4.78 is 5.71. The number of ether oxygens (including phenoxy) is 1. The minimum Gasteiger partial charge on any atom is -0.493 e. The number of carboxylic acids is 1. The molecule has 4 aromatic rings. The zero-order valence-electron chi connectivity index (χ0n) is 19.0. The lowest BCUT2D eigenvalue weighted by atomic mass is 9.91. The van der Waals surface area contributed by atoms with Crippen LogP contribution in [0.25, 0.3) is 17.0 Å². The molecule has 35 heavy (non-hydrogen) atoms. The van der Waals surface area contributed by atoms with E-state index in [1.807, 2.05) is 23.1 Å². The molecule has 3 heterocycles. The smallest absolute Gasteiger partial charge is 0.335 e. The Hall–Kier alpha value is -4.32. The summed E-state index contributed by atoms with van der Waals surface area (Å²) in [7, 11) is 0. The minimum atomic E-state index is -0.971. The van der Waals surface area contributed by atoms with Gasteiger partial charge in [0.1, 0.15) is 5.75 Å². The molecule has 6 rings (SSSR count). The Kier molecular flexibility index (Phi) is 5.14. The average Bonchev–Trinajstić information content (AvgIpc) is 3.51. The second-order valence-electron chi connectivity index (χ2n) is 8.97. The van der Waals surface area contributed by atoms with Crippen LogP contribution >= 0.6 is 0 Å². The number of aromatic nitrogens is 1. The fourth-order valence-electron chi connectivity index (χ4n) is 5.20. The topological polar surface area (TPSA) is 82.6 Å². The van der Waals surface area contributed by atoms with Crippen molar-refractivity contribution in [2.45, 2.75) is 18.9 Å². The summed E-state index contributed by atoms with van der Waals surface area (Å²) in [6, 6.07) is 20.8. The number of fused-ring (bicyclic) bond motifs is 4. The first-order valence-electron chi connectivity index (χ1n) is 11.8. The van der Waals surface area contributed by atoms with Crippen LogP contribution in [0, 0.1) is 0 Å². The Morgan fingerprint density at radius 1 is 1.03 bits per heavy atom. The number of nitrogens with zero attached hydrogens (tertiary/aromatic N) is 1. The summed E-state index contributed by atoms with van der Waals surface area (Å²) in [6.45, 7) is 1.29. The number of aromatic carboxylic acids is 1. The molecule has 174 valence electrons. The van der Waals surface area contributed by atoms with Crippen molar-refractivity contribution in [1.29, 1.82) is 0 Å².